The van der Waals surface area contributed by atoms with E-state index in [4.69, 9.17) is 0 Å². The Morgan fingerprint density at radius 3 is 2.50 bits per heavy atom. The van der Waals surface area contributed by atoms with Gasteiger partial charge in [-0.15, -0.1) is 0 Å². The van der Waals surface area contributed by atoms with E-state index >= 15 is 0 Å². The number of hydrogen-bond donors (Lipinski definition) is 3. The Bertz CT molecular complexity index is 609. The molecule has 2 aromatic carbocycles. The summed E-state index contributed by atoms with van der Waals surface area (Å²) in [5.74, 6) is 0.116. The van der Waals surface area contributed by atoms with Gasteiger partial charge in [-0.1, -0.05) is 18.2 Å². The smallest absolute Gasteiger partial charge is 0.243 e. The molecule has 0 saturated heterocycles. The first-order valence-corrected chi connectivity index (χ1v) is 6.45. The van der Waals surface area contributed by atoms with Gasteiger partial charge in [0.2, 0.25) is 5.91 Å². The highest BCUT2D eigenvalue weighted by atomic mass is 16.3. The van der Waals surface area contributed by atoms with Crippen LogP contribution in [0.1, 0.15) is 11.1 Å². The van der Waals surface area contributed by atoms with Crippen LogP contribution in [-0.2, 0) is 4.79 Å². The number of rotatable bonds is 4. The van der Waals surface area contributed by atoms with Crippen molar-refractivity contribution in [2.75, 3.05) is 17.2 Å². The predicted molar refractivity (Wildman–Crippen MR) is 81.1 cm³/mol. The van der Waals surface area contributed by atoms with E-state index in [1.54, 1.807) is 19.1 Å². The van der Waals surface area contributed by atoms with E-state index in [0.29, 0.717) is 0 Å². The van der Waals surface area contributed by atoms with Crippen molar-refractivity contribution < 1.29 is 9.90 Å². The molecule has 0 spiro atoms. The topological polar surface area (TPSA) is 61.4 Å². The minimum atomic E-state index is -0.123. The Morgan fingerprint density at radius 2 is 1.80 bits per heavy atom. The summed E-state index contributed by atoms with van der Waals surface area (Å²) < 4.78 is 0. The molecule has 1 amide bonds. The average Bonchev–Trinajstić information content (AvgIpc) is 2.44. The predicted octanol–water partition coefficient (Wildman–Crippen LogP) is 3.06. The van der Waals surface area contributed by atoms with Crippen molar-refractivity contribution in [2.45, 2.75) is 13.8 Å². The first-order valence-electron chi connectivity index (χ1n) is 6.45. The van der Waals surface area contributed by atoms with Crippen LogP contribution < -0.4 is 10.6 Å². The number of phenols is 1. The first kappa shape index (κ1) is 13.9. The molecule has 0 fully saturated rings. The van der Waals surface area contributed by atoms with Crippen molar-refractivity contribution in [2.24, 2.45) is 0 Å². The summed E-state index contributed by atoms with van der Waals surface area (Å²) in [6.07, 6.45) is 0. The van der Waals surface area contributed by atoms with Crippen molar-refractivity contribution in [3.63, 3.8) is 0 Å². The highest BCUT2D eigenvalue weighted by molar-refractivity contribution is 5.94. The zero-order valence-electron chi connectivity index (χ0n) is 11.6. The molecule has 0 unspecified atom stereocenters. The van der Waals surface area contributed by atoms with Crippen LogP contribution in [-0.4, -0.2) is 17.6 Å². The number of aromatic hydroxyl groups is 1. The number of carbonyl (C=O) groups excluding carboxylic acids is 1. The number of aryl methyl sites for hydroxylation is 2. The number of nitrogens with one attached hydrogen (secondary N) is 2. The van der Waals surface area contributed by atoms with E-state index in [-0.39, 0.29) is 18.2 Å². The quantitative estimate of drug-likeness (QED) is 0.748. The zero-order chi connectivity index (χ0) is 14.5. The van der Waals surface area contributed by atoms with Crippen molar-refractivity contribution in [3.05, 3.63) is 53.6 Å². The van der Waals surface area contributed by atoms with Crippen LogP contribution in [0.2, 0.25) is 0 Å². The minimum absolute atomic E-state index is 0.123. The summed E-state index contributed by atoms with van der Waals surface area (Å²) in [5.41, 5.74) is 3.20. The lowest BCUT2D eigenvalue weighted by Gasteiger charge is -2.11. The van der Waals surface area contributed by atoms with Crippen LogP contribution in [0.4, 0.5) is 11.4 Å². The van der Waals surface area contributed by atoms with E-state index in [0.717, 1.165) is 22.5 Å². The normalized spacial score (nSPS) is 10.1. The molecule has 4 heteroatoms. The summed E-state index contributed by atoms with van der Waals surface area (Å²) in [5, 5.41) is 15.5. The molecule has 0 aliphatic carbocycles. The second-order valence-corrected chi connectivity index (χ2v) is 4.72. The molecule has 0 heterocycles. The minimum Gasteiger partial charge on any atom is -0.508 e. The Balaban J connectivity index is 1.97. The van der Waals surface area contributed by atoms with Gasteiger partial charge in [-0.3, -0.25) is 4.79 Å². The highest BCUT2D eigenvalue weighted by Gasteiger charge is 2.07. The van der Waals surface area contributed by atoms with Gasteiger partial charge in [0.1, 0.15) is 5.75 Å². The SMILES string of the molecule is Cc1cc(NC(=O)CNc2ccccc2)c(C)cc1O. The number of hydrogen-bond acceptors (Lipinski definition) is 3. The van der Waals surface area contributed by atoms with E-state index in [1.807, 2.05) is 37.3 Å². The molecule has 20 heavy (non-hydrogen) atoms. The van der Waals surface area contributed by atoms with Gasteiger partial charge >= 0.3 is 0 Å². The molecule has 0 radical (unpaired) electrons. The summed E-state index contributed by atoms with van der Waals surface area (Å²) in [6.45, 7) is 3.84. The summed E-state index contributed by atoms with van der Waals surface area (Å²) in [7, 11) is 0. The number of benzene rings is 2. The molecule has 4 nitrogen and oxygen atoms in total. The van der Waals surface area contributed by atoms with Gasteiger partial charge in [-0.05, 0) is 49.2 Å². The Morgan fingerprint density at radius 1 is 1.10 bits per heavy atom. The summed E-state index contributed by atoms with van der Waals surface area (Å²) in [6, 6.07) is 13.0. The maximum atomic E-state index is 11.9. The number of anilines is 2. The molecular weight excluding hydrogens is 252 g/mol. The van der Waals surface area contributed by atoms with E-state index < -0.39 is 0 Å². The van der Waals surface area contributed by atoms with Crippen LogP contribution in [0.3, 0.4) is 0 Å². The number of amides is 1. The molecule has 0 bridgehead atoms. The maximum Gasteiger partial charge on any atom is 0.243 e. The Hall–Kier alpha value is -2.49. The van der Waals surface area contributed by atoms with Gasteiger partial charge in [0.05, 0.1) is 6.54 Å². The maximum absolute atomic E-state index is 11.9. The van der Waals surface area contributed by atoms with E-state index in [9.17, 15) is 9.90 Å². The Kier molecular flexibility index (Phi) is 4.25. The van der Waals surface area contributed by atoms with Gasteiger partial charge < -0.3 is 15.7 Å². The van der Waals surface area contributed by atoms with Crippen molar-refractivity contribution in [1.82, 2.24) is 0 Å². The third kappa shape index (κ3) is 3.51. The van der Waals surface area contributed by atoms with Crippen molar-refractivity contribution >= 4 is 17.3 Å². The van der Waals surface area contributed by atoms with Crippen LogP contribution in [0.5, 0.6) is 5.75 Å². The fourth-order valence-electron chi connectivity index (χ4n) is 1.87. The highest BCUT2D eigenvalue weighted by Crippen LogP contribution is 2.24. The lowest BCUT2D eigenvalue weighted by Crippen LogP contribution is -2.22. The fourth-order valence-corrected chi connectivity index (χ4v) is 1.87. The molecule has 0 aromatic heterocycles. The van der Waals surface area contributed by atoms with Crippen LogP contribution in [0.15, 0.2) is 42.5 Å². The summed E-state index contributed by atoms with van der Waals surface area (Å²) >= 11 is 0. The molecule has 0 atom stereocenters. The van der Waals surface area contributed by atoms with Gasteiger partial charge in [0, 0.05) is 11.4 Å². The lowest BCUT2D eigenvalue weighted by atomic mass is 10.1. The third-order valence-corrected chi connectivity index (χ3v) is 3.04. The lowest BCUT2D eigenvalue weighted by molar-refractivity contribution is -0.114. The molecule has 0 saturated carbocycles. The molecular formula is C16H18N2O2. The second kappa shape index (κ2) is 6.10. The molecule has 2 rings (SSSR count). The standard InChI is InChI=1S/C16H18N2O2/c1-11-9-15(19)12(2)8-14(11)18-16(20)10-17-13-6-4-3-5-7-13/h3-9,17,19H,10H2,1-2H3,(H,18,20). The van der Waals surface area contributed by atoms with Crippen LogP contribution >= 0.6 is 0 Å². The molecule has 104 valence electrons. The van der Waals surface area contributed by atoms with Crippen molar-refractivity contribution in [1.29, 1.82) is 0 Å². The number of carbonyl (C=O) groups is 1. The van der Waals surface area contributed by atoms with Gasteiger partial charge in [0.15, 0.2) is 0 Å². The van der Waals surface area contributed by atoms with E-state index in [1.165, 1.54) is 0 Å². The van der Waals surface area contributed by atoms with E-state index in [2.05, 4.69) is 10.6 Å². The molecule has 0 aliphatic heterocycles. The number of para-hydroxylation sites is 1. The number of phenolic OH excluding ortho intramolecular Hbond substituents is 1. The van der Waals surface area contributed by atoms with Crippen LogP contribution in [0.25, 0.3) is 0 Å². The zero-order valence-corrected chi connectivity index (χ0v) is 11.6. The third-order valence-electron chi connectivity index (χ3n) is 3.04. The Labute approximate surface area is 118 Å². The molecule has 3 N–H and O–H groups in total. The van der Waals surface area contributed by atoms with Crippen molar-refractivity contribution in [3.8, 4) is 5.75 Å². The van der Waals surface area contributed by atoms with Gasteiger partial charge in [-0.25, -0.2) is 0 Å². The first-order chi connectivity index (χ1) is 9.56. The average molecular weight is 270 g/mol. The van der Waals surface area contributed by atoms with Gasteiger partial charge in [0.25, 0.3) is 0 Å². The molecule has 2 aromatic rings. The monoisotopic (exact) mass is 270 g/mol. The largest absolute Gasteiger partial charge is 0.508 e. The van der Waals surface area contributed by atoms with Crippen LogP contribution in [0, 0.1) is 13.8 Å². The molecule has 0 aliphatic rings. The van der Waals surface area contributed by atoms with Gasteiger partial charge in [-0.2, -0.15) is 0 Å². The fraction of sp³-hybridized carbons (Fsp3) is 0.188. The summed E-state index contributed by atoms with van der Waals surface area (Å²) in [4.78, 5) is 11.9. The second-order valence-electron chi connectivity index (χ2n) is 4.72.